The molecule has 0 radical (unpaired) electrons. The number of rotatable bonds is 2. The van der Waals surface area contributed by atoms with Crippen LogP contribution in [0.4, 0.5) is 0 Å². The van der Waals surface area contributed by atoms with E-state index in [0.717, 1.165) is 36.8 Å². The molecule has 0 aliphatic carbocycles. The first-order valence-electron chi connectivity index (χ1n) is 6.04. The summed E-state index contributed by atoms with van der Waals surface area (Å²) in [4.78, 5) is 0. The highest BCUT2D eigenvalue weighted by Crippen LogP contribution is 2.24. The lowest BCUT2D eigenvalue weighted by molar-refractivity contribution is 0.680. The first-order valence-corrected chi connectivity index (χ1v) is 6.04. The average Bonchev–Trinajstić information content (AvgIpc) is 2.98. The normalized spacial score (nSPS) is 19.7. The summed E-state index contributed by atoms with van der Waals surface area (Å²) in [5.41, 5.74) is 1.15. The molecular weight excluding hydrogens is 212 g/mol. The molecule has 2 heterocycles. The Kier molecular flexibility index (Phi) is 2.65. The maximum atomic E-state index is 4.35. The van der Waals surface area contributed by atoms with Crippen molar-refractivity contribution in [3.8, 4) is 5.69 Å². The molecule has 1 N–H and O–H groups in total. The fraction of sp³-hybridized carbons (Fsp3) is 0.385. The number of benzene rings is 1. The number of hydrogen-bond acceptors (Lipinski definition) is 3. The Balaban J connectivity index is 2.06. The van der Waals surface area contributed by atoms with Crippen molar-refractivity contribution in [3.05, 3.63) is 42.0 Å². The molecule has 0 saturated carbocycles. The molecule has 1 fully saturated rings. The van der Waals surface area contributed by atoms with E-state index in [1.165, 1.54) is 0 Å². The third kappa shape index (κ3) is 1.85. The van der Waals surface area contributed by atoms with Crippen LogP contribution in [0.25, 0.3) is 5.69 Å². The van der Waals surface area contributed by atoms with Crippen LogP contribution in [0.1, 0.15) is 24.0 Å². The van der Waals surface area contributed by atoms with Crippen LogP contribution in [0.15, 0.2) is 30.3 Å². The summed E-state index contributed by atoms with van der Waals surface area (Å²) >= 11 is 0. The van der Waals surface area contributed by atoms with Crippen molar-refractivity contribution in [1.29, 1.82) is 0 Å². The fourth-order valence-corrected chi connectivity index (χ4v) is 2.41. The summed E-state index contributed by atoms with van der Waals surface area (Å²) in [6.07, 6.45) is 1.14. The third-order valence-corrected chi connectivity index (χ3v) is 3.29. The zero-order valence-electron chi connectivity index (χ0n) is 9.93. The van der Waals surface area contributed by atoms with Crippen molar-refractivity contribution < 1.29 is 0 Å². The quantitative estimate of drug-likeness (QED) is 0.850. The van der Waals surface area contributed by atoms with Gasteiger partial charge in [0.2, 0.25) is 0 Å². The van der Waals surface area contributed by atoms with Gasteiger partial charge in [0.25, 0.3) is 0 Å². The number of hydrogen-bond donors (Lipinski definition) is 1. The van der Waals surface area contributed by atoms with E-state index >= 15 is 0 Å². The molecule has 0 amide bonds. The lowest BCUT2D eigenvalue weighted by Gasteiger charge is -2.12. The summed E-state index contributed by atoms with van der Waals surface area (Å²) in [6, 6.07) is 10.3. The molecule has 4 heteroatoms. The highest BCUT2D eigenvalue weighted by atomic mass is 15.3. The van der Waals surface area contributed by atoms with E-state index < -0.39 is 0 Å². The minimum absolute atomic E-state index is 0.483. The molecule has 1 aromatic carbocycles. The Bertz CT molecular complexity index is 497. The minimum atomic E-state index is 0.483. The van der Waals surface area contributed by atoms with E-state index in [1.807, 2.05) is 25.1 Å². The van der Waals surface area contributed by atoms with Gasteiger partial charge in [0.1, 0.15) is 11.6 Å². The summed E-state index contributed by atoms with van der Waals surface area (Å²) in [7, 11) is 0. The molecule has 1 saturated heterocycles. The van der Waals surface area contributed by atoms with Crippen molar-refractivity contribution in [2.75, 3.05) is 13.1 Å². The Morgan fingerprint density at radius 1 is 1.24 bits per heavy atom. The van der Waals surface area contributed by atoms with Crippen LogP contribution in [0.5, 0.6) is 0 Å². The van der Waals surface area contributed by atoms with Crippen LogP contribution in [0.3, 0.4) is 0 Å². The standard InChI is InChI=1S/C13H16N4/c1-10-15-16-13(11-7-8-14-9-11)17(10)12-5-3-2-4-6-12/h2-6,11,14H,7-9H2,1H3. The van der Waals surface area contributed by atoms with Crippen LogP contribution in [-0.2, 0) is 0 Å². The summed E-state index contributed by atoms with van der Waals surface area (Å²) in [5, 5.41) is 11.9. The van der Waals surface area contributed by atoms with Crippen LogP contribution in [0, 0.1) is 6.92 Å². The maximum Gasteiger partial charge on any atom is 0.142 e. The first-order chi connectivity index (χ1) is 8.36. The summed E-state index contributed by atoms with van der Waals surface area (Å²) in [6.45, 7) is 4.09. The van der Waals surface area contributed by atoms with Crippen molar-refractivity contribution >= 4 is 0 Å². The molecule has 1 aliphatic heterocycles. The SMILES string of the molecule is Cc1nnc(C2CCNC2)n1-c1ccccc1. The lowest BCUT2D eigenvalue weighted by atomic mass is 10.1. The molecule has 2 aromatic rings. The predicted octanol–water partition coefficient (Wildman–Crippen LogP) is 1.65. The van der Waals surface area contributed by atoms with Gasteiger partial charge in [-0.15, -0.1) is 10.2 Å². The second kappa shape index (κ2) is 4.30. The van der Waals surface area contributed by atoms with E-state index in [4.69, 9.17) is 0 Å². The predicted molar refractivity (Wildman–Crippen MR) is 66.3 cm³/mol. The van der Waals surface area contributed by atoms with Gasteiger partial charge in [-0.2, -0.15) is 0 Å². The smallest absolute Gasteiger partial charge is 0.142 e. The van der Waals surface area contributed by atoms with Gasteiger partial charge in [0, 0.05) is 18.2 Å². The number of nitrogens with one attached hydrogen (secondary N) is 1. The Labute approximate surface area is 101 Å². The average molecular weight is 228 g/mol. The van der Waals surface area contributed by atoms with Crippen molar-refractivity contribution in [3.63, 3.8) is 0 Å². The van der Waals surface area contributed by atoms with Crippen molar-refractivity contribution in [2.24, 2.45) is 0 Å². The van der Waals surface area contributed by atoms with E-state index in [-0.39, 0.29) is 0 Å². The molecule has 88 valence electrons. The van der Waals surface area contributed by atoms with Crippen LogP contribution >= 0.6 is 0 Å². The zero-order chi connectivity index (χ0) is 11.7. The molecule has 1 unspecified atom stereocenters. The molecule has 1 aliphatic rings. The molecular formula is C13H16N4. The Morgan fingerprint density at radius 3 is 2.76 bits per heavy atom. The molecule has 0 bridgehead atoms. The lowest BCUT2D eigenvalue weighted by Crippen LogP contribution is -2.12. The second-order valence-electron chi connectivity index (χ2n) is 4.47. The van der Waals surface area contributed by atoms with Gasteiger partial charge < -0.3 is 5.32 Å². The molecule has 4 nitrogen and oxygen atoms in total. The molecule has 0 spiro atoms. The number of aromatic nitrogens is 3. The number of para-hydroxylation sites is 1. The topological polar surface area (TPSA) is 42.7 Å². The summed E-state index contributed by atoms with van der Waals surface area (Å²) < 4.78 is 2.16. The Morgan fingerprint density at radius 2 is 2.06 bits per heavy atom. The van der Waals surface area contributed by atoms with Crippen molar-refractivity contribution in [1.82, 2.24) is 20.1 Å². The first kappa shape index (κ1) is 10.5. The third-order valence-electron chi connectivity index (χ3n) is 3.29. The minimum Gasteiger partial charge on any atom is -0.316 e. The fourth-order valence-electron chi connectivity index (χ4n) is 2.41. The summed E-state index contributed by atoms with van der Waals surface area (Å²) in [5.74, 6) is 2.52. The number of aryl methyl sites for hydroxylation is 1. The van der Waals surface area contributed by atoms with Crippen LogP contribution in [-0.4, -0.2) is 27.9 Å². The maximum absolute atomic E-state index is 4.35. The molecule has 3 rings (SSSR count). The van der Waals surface area contributed by atoms with Gasteiger partial charge in [0.15, 0.2) is 0 Å². The van der Waals surface area contributed by atoms with E-state index in [0.29, 0.717) is 5.92 Å². The van der Waals surface area contributed by atoms with Gasteiger partial charge >= 0.3 is 0 Å². The molecule has 1 atom stereocenters. The largest absolute Gasteiger partial charge is 0.316 e. The van der Waals surface area contributed by atoms with Gasteiger partial charge in [-0.05, 0) is 32.0 Å². The highest BCUT2D eigenvalue weighted by Gasteiger charge is 2.23. The van der Waals surface area contributed by atoms with Crippen LogP contribution < -0.4 is 5.32 Å². The van der Waals surface area contributed by atoms with Crippen LogP contribution in [0.2, 0.25) is 0 Å². The van der Waals surface area contributed by atoms with Gasteiger partial charge in [0.05, 0.1) is 0 Å². The van der Waals surface area contributed by atoms with Gasteiger partial charge in [-0.1, -0.05) is 18.2 Å². The second-order valence-corrected chi connectivity index (χ2v) is 4.47. The monoisotopic (exact) mass is 228 g/mol. The molecule has 1 aromatic heterocycles. The van der Waals surface area contributed by atoms with E-state index in [2.05, 4.69) is 32.2 Å². The van der Waals surface area contributed by atoms with Gasteiger partial charge in [-0.25, -0.2) is 0 Å². The highest BCUT2D eigenvalue weighted by molar-refractivity contribution is 5.34. The van der Waals surface area contributed by atoms with E-state index in [9.17, 15) is 0 Å². The molecule has 17 heavy (non-hydrogen) atoms. The van der Waals surface area contributed by atoms with Gasteiger partial charge in [-0.3, -0.25) is 4.57 Å². The van der Waals surface area contributed by atoms with Crippen molar-refractivity contribution in [2.45, 2.75) is 19.3 Å². The number of nitrogens with zero attached hydrogens (tertiary/aromatic N) is 3. The zero-order valence-corrected chi connectivity index (χ0v) is 9.93. The van der Waals surface area contributed by atoms with E-state index in [1.54, 1.807) is 0 Å². The Hall–Kier alpha value is -1.68.